The number of aromatic nitrogens is 3. The predicted molar refractivity (Wildman–Crippen MR) is 113 cm³/mol. The molecule has 156 valence electrons. The molecule has 1 saturated heterocycles. The maximum absolute atomic E-state index is 12.7. The largest absolute Gasteiger partial charge is 0.390 e. The first-order valence-electron chi connectivity index (χ1n) is 10.5. The lowest BCUT2D eigenvalue weighted by Crippen LogP contribution is -2.40. The minimum absolute atomic E-state index is 0.0366. The van der Waals surface area contributed by atoms with Crippen LogP contribution < -0.4 is 5.73 Å². The number of anilines is 1. The van der Waals surface area contributed by atoms with Crippen molar-refractivity contribution in [3.63, 3.8) is 0 Å². The zero-order valence-electron chi connectivity index (χ0n) is 17.0. The van der Waals surface area contributed by atoms with Gasteiger partial charge in [0.25, 0.3) is 0 Å². The minimum atomic E-state index is -0.640. The highest BCUT2D eigenvalue weighted by Gasteiger charge is 2.41. The molecule has 2 aliphatic rings. The Kier molecular flexibility index (Phi) is 4.60. The molecule has 2 fully saturated rings. The van der Waals surface area contributed by atoms with Gasteiger partial charge in [0.05, 0.1) is 5.60 Å². The summed E-state index contributed by atoms with van der Waals surface area (Å²) in [5, 5.41) is 10.2. The minimum Gasteiger partial charge on any atom is -0.390 e. The Balaban J connectivity index is 1.49. The van der Waals surface area contributed by atoms with Gasteiger partial charge in [-0.2, -0.15) is 0 Å². The molecule has 0 amide bonds. The van der Waals surface area contributed by atoms with E-state index in [1.807, 2.05) is 41.8 Å². The molecule has 7 nitrogen and oxygen atoms in total. The average molecular weight is 406 g/mol. The van der Waals surface area contributed by atoms with Gasteiger partial charge in [-0.1, -0.05) is 24.3 Å². The van der Waals surface area contributed by atoms with Gasteiger partial charge in [0.2, 0.25) is 0 Å². The number of ether oxygens (including phenoxy) is 1. The molecule has 2 aromatic heterocycles. The van der Waals surface area contributed by atoms with Crippen LogP contribution in [0.1, 0.15) is 61.1 Å². The fourth-order valence-electron chi connectivity index (χ4n) is 4.69. The van der Waals surface area contributed by atoms with Crippen molar-refractivity contribution < 1.29 is 14.6 Å². The molecule has 30 heavy (non-hydrogen) atoms. The van der Waals surface area contributed by atoms with Crippen molar-refractivity contribution in [3.05, 3.63) is 48.0 Å². The Labute approximate surface area is 174 Å². The van der Waals surface area contributed by atoms with Crippen LogP contribution in [-0.2, 0) is 4.74 Å². The summed E-state index contributed by atoms with van der Waals surface area (Å²) in [5.74, 6) is 1.51. The zero-order chi connectivity index (χ0) is 20.9. The van der Waals surface area contributed by atoms with E-state index in [9.17, 15) is 9.90 Å². The van der Waals surface area contributed by atoms with Crippen LogP contribution in [0.15, 0.2) is 36.7 Å². The van der Waals surface area contributed by atoms with Crippen LogP contribution >= 0.6 is 0 Å². The van der Waals surface area contributed by atoms with E-state index in [0.29, 0.717) is 30.8 Å². The number of nitrogens with zero attached hydrogens (tertiary/aromatic N) is 3. The lowest BCUT2D eigenvalue weighted by molar-refractivity contribution is -0.0335. The van der Waals surface area contributed by atoms with E-state index in [4.69, 9.17) is 15.5 Å². The molecule has 1 atom stereocenters. The van der Waals surface area contributed by atoms with Gasteiger partial charge in [-0.25, -0.2) is 9.97 Å². The van der Waals surface area contributed by atoms with Gasteiger partial charge in [-0.3, -0.25) is 9.20 Å². The Morgan fingerprint density at radius 2 is 2.03 bits per heavy atom. The molecule has 3 aromatic rings. The second kappa shape index (κ2) is 7.18. The first-order valence-corrected chi connectivity index (χ1v) is 10.5. The lowest BCUT2D eigenvalue weighted by atomic mass is 9.72. The van der Waals surface area contributed by atoms with E-state index in [1.165, 1.54) is 0 Å². The van der Waals surface area contributed by atoms with Gasteiger partial charge in [0, 0.05) is 36.0 Å². The van der Waals surface area contributed by atoms with Gasteiger partial charge < -0.3 is 15.6 Å². The normalized spacial score (nSPS) is 26.5. The van der Waals surface area contributed by atoms with E-state index in [0.717, 1.165) is 41.9 Å². The van der Waals surface area contributed by atoms with Crippen molar-refractivity contribution >= 4 is 17.1 Å². The molecular formula is C23H26N4O3. The van der Waals surface area contributed by atoms with Gasteiger partial charge in [0.1, 0.15) is 29.0 Å². The van der Waals surface area contributed by atoms with Crippen LogP contribution in [0.4, 0.5) is 5.82 Å². The maximum Gasteiger partial charge on any atom is 0.191 e. The molecule has 5 rings (SSSR count). The fourth-order valence-corrected chi connectivity index (χ4v) is 4.69. The third-order valence-corrected chi connectivity index (χ3v) is 6.26. The van der Waals surface area contributed by atoms with Gasteiger partial charge in [-0.05, 0) is 39.0 Å². The third kappa shape index (κ3) is 3.28. The van der Waals surface area contributed by atoms with Crippen molar-refractivity contribution in [2.24, 2.45) is 0 Å². The maximum atomic E-state index is 12.7. The number of carbonyl (C=O) groups excluding carboxylic acids is 1. The van der Waals surface area contributed by atoms with Crippen LogP contribution in [0.2, 0.25) is 0 Å². The standard InChI is InChI=1S/C23H26N4O3/c1-23(29)12-16(13-23)22-26-18(19-21(24)25-9-10-27(19)22)14-5-7-15(8-6-14)20(28)17-4-2-3-11-30-17/h5-10,16-17,29H,2-4,11-13H2,1H3,(H2,24,25)/t16-,17?,23-. The summed E-state index contributed by atoms with van der Waals surface area (Å²) in [6.45, 7) is 2.50. The Bertz CT molecular complexity index is 1090. The highest BCUT2D eigenvalue weighted by molar-refractivity contribution is 6.00. The summed E-state index contributed by atoms with van der Waals surface area (Å²) in [4.78, 5) is 21.9. The Hall–Kier alpha value is -2.77. The van der Waals surface area contributed by atoms with Crippen molar-refractivity contribution in [1.29, 1.82) is 0 Å². The van der Waals surface area contributed by atoms with Crippen LogP contribution in [0.25, 0.3) is 16.8 Å². The summed E-state index contributed by atoms with van der Waals surface area (Å²) >= 11 is 0. The second-order valence-corrected chi connectivity index (χ2v) is 8.75. The number of imidazole rings is 1. The third-order valence-electron chi connectivity index (χ3n) is 6.26. The summed E-state index contributed by atoms with van der Waals surface area (Å²) in [7, 11) is 0. The van der Waals surface area contributed by atoms with Crippen LogP contribution in [0.5, 0.6) is 0 Å². The van der Waals surface area contributed by atoms with E-state index >= 15 is 0 Å². The number of fused-ring (bicyclic) bond motifs is 1. The summed E-state index contributed by atoms with van der Waals surface area (Å²) in [6, 6.07) is 7.49. The molecule has 0 spiro atoms. The number of benzene rings is 1. The predicted octanol–water partition coefficient (Wildman–Crippen LogP) is 3.36. The highest BCUT2D eigenvalue weighted by atomic mass is 16.5. The highest BCUT2D eigenvalue weighted by Crippen LogP contribution is 2.45. The Morgan fingerprint density at radius 1 is 1.27 bits per heavy atom. The van der Waals surface area contributed by atoms with Crippen LogP contribution in [0, 0.1) is 0 Å². The van der Waals surface area contributed by atoms with Crippen molar-refractivity contribution in [3.8, 4) is 11.3 Å². The second-order valence-electron chi connectivity index (χ2n) is 8.75. The molecule has 3 N–H and O–H groups in total. The van der Waals surface area contributed by atoms with Crippen molar-refractivity contribution in [2.45, 2.75) is 56.7 Å². The topological polar surface area (TPSA) is 103 Å². The van der Waals surface area contributed by atoms with Crippen molar-refractivity contribution in [2.75, 3.05) is 12.3 Å². The number of nitrogens with two attached hydrogens (primary N) is 1. The Morgan fingerprint density at radius 3 is 2.70 bits per heavy atom. The van der Waals surface area contributed by atoms with Gasteiger partial charge >= 0.3 is 0 Å². The molecule has 1 unspecified atom stereocenters. The fraction of sp³-hybridized carbons (Fsp3) is 0.435. The molecule has 1 aliphatic carbocycles. The quantitative estimate of drug-likeness (QED) is 0.644. The monoisotopic (exact) mass is 406 g/mol. The number of Topliss-reactive ketones (excluding diaryl/α,β-unsaturated/α-hetero) is 1. The molecule has 7 heteroatoms. The molecular weight excluding hydrogens is 380 g/mol. The summed E-state index contributed by atoms with van der Waals surface area (Å²) in [6.07, 6.45) is 7.36. The number of carbonyl (C=O) groups is 1. The summed E-state index contributed by atoms with van der Waals surface area (Å²) in [5.41, 5.74) is 8.60. The van der Waals surface area contributed by atoms with E-state index < -0.39 is 5.60 Å². The molecule has 1 aliphatic heterocycles. The smallest absolute Gasteiger partial charge is 0.191 e. The molecule has 1 aromatic carbocycles. The zero-order valence-corrected chi connectivity index (χ0v) is 17.0. The van der Waals surface area contributed by atoms with E-state index in [1.54, 1.807) is 6.20 Å². The first-order chi connectivity index (χ1) is 14.4. The molecule has 0 radical (unpaired) electrons. The average Bonchev–Trinajstić information content (AvgIpc) is 3.13. The SMILES string of the molecule is C[C@]1(O)C[C@H](c2nc(-c3ccc(C(=O)C4CCCCO4)cc3)c3c(N)nccn32)C1. The lowest BCUT2D eigenvalue weighted by Gasteiger charge is -2.40. The number of hydrogen-bond acceptors (Lipinski definition) is 6. The van der Waals surface area contributed by atoms with Gasteiger partial charge in [0.15, 0.2) is 5.78 Å². The number of aliphatic hydroxyl groups is 1. The first kappa shape index (κ1) is 19.2. The molecule has 0 bridgehead atoms. The molecule has 3 heterocycles. The number of rotatable bonds is 4. The number of ketones is 1. The van der Waals surface area contributed by atoms with Crippen LogP contribution in [0.3, 0.4) is 0 Å². The number of nitrogen functional groups attached to an aromatic ring is 1. The van der Waals surface area contributed by atoms with Crippen molar-refractivity contribution in [1.82, 2.24) is 14.4 Å². The van der Waals surface area contributed by atoms with E-state index in [-0.39, 0.29) is 17.8 Å². The molecule has 1 saturated carbocycles. The number of hydrogen-bond donors (Lipinski definition) is 2. The van der Waals surface area contributed by atoms with Crippen LogP contribution in [-0.4, -0.2) is 43.6 Å². The summed E-state index contributed by atoms with van der Waals surface area (Å²) < 4.78 is 7.62. The van der Waals surface area contributed by atoms with E-state index in [2.05, 4.69) is 4.98 Å². The van der Waals surface area contributed by atoms with Gasteiger partial charge in [-0.15, -0.1) is 0 Å².